The van der Waals surface area contributed by atoms with Crippen molar-refractivity contribution in [1.29, 1.82) is 0 Å². The second-order valence-corrected chi connectivity index (χ2v) is 6.28. The Morgan fingerprint density at radius 2 is 2.25 bits per heavy atom. The molecule has 0 bridgehead atoms. The predicted octanol–water partition coefficient (Wildman–Crippen LogP) is 3.31. The molecule has 2 aromatic rings. The molecule has 3 rings (SSSR count). The van der Waals surface area contributed by atoms with Gasteiger partial charge in [-0.1, -0.05) is 6.07 Å². The van der Waals surface area contributed by atoms with Crippen LogP contribution in [0.2, 0.25) is 0 Å². The second-order valence-electron chi connectivity index (χ2n) is 5.20. The molecule has 1 aromatic carbocycles. The maximum atomic E-state index is 6.22. The minimum atomic E-state index is 0.242. The number of halogens is 1. The van der Waals surface area contributed by atoms with E-state index in [1.807, 2.05) is 17.7 Å². The molecular weight excluding hydrogens is 365 g/mol. The summed E-state index contributed by atoms with van der Waals surface area (Å²) in [6.07, 6.45) is 3.33. The number of anilines is 1. The van der Waals surface area contributed by atoms with Gasteiger partial charge in [0, 0.05) is 0 Å². The Morgan fingerprint density at radius 3 is 2.90 bits per heavy atom. The summed E-state index contributed by atoms with van der Waals surface area (Å²) in [4.78, 5) is 0. The van der Waals surface area contributed by atoms with Crippen LogP contribution in [-0.2, 0) is 6.42 Å². The zero-order chi connectivity index (χ0) is 14.3. The smallest absolute Gasteiger partial charge is 0.136 e. The summed E-state index contributed by atoms with van der Waals surface area (Å²) in [6.45, 7) is 2.01. The highest BCUT2D eigenvalue weighted by atomic mass is 127. The number of methoxy groups -OCH3 is 1. The van der Waals surface area contributed by atoms with Crippen molar-refractivity contribution in [2.75, 3.05) is 12.8 Å². The van der Waals surface area contributed by atoms with Gasteiger partial charge in [-0.2, -0.15) is 5.10 Å². The van der Waals surface area contributed by atoms with Crippen LogP contribution in [-0.4, -0.2) is 16.9 Å². The van der Waals surface area contributed by atoms with Crippen LogP contribution in [0.5, 0.6) is 5.75 Å². The van der Waals surface area contributed by atoms with Gasteiger partial charge in [-0.05, 0) is 72.0 Å². The lowest BCUT2D eigenvalue weighted by molar-refractivity contribution is 0.410. The van der Waals surface area contributed by atoms with Gasteiger partial charge in [0.15, 0.2) is 0 Å². The first-order chi connectivity index (χ1) is 9.61. The Hall–Kier alpha value is -1.24. The van der Waals surface area contributed by atoms with Crippen LogP contribution in [0.15, 0.2) is 18.2 Å². The van der Waals surface area contributed by atoms with Crippen LogP contribution >= 0.6 is 22.6 Å². The van der Waals surface area contributed by atoms with E-state index in [0.717, 1.165) is 40.1 Å². The summed E-state index contributed by atoms with van der Waals surface area (Å²) in [5.41, 5.74) is 9.89. The number of aryl methyl sites for hydroxylation is 2. The SMILES string of the molecule is COc1ccc2c(c1)CCCC2n1nc(C)c(I)c1N. The van der Waals surface area contributed by atoms with E-state index >= 15 is 0 Å². The largest absolute Gasteiger partial charge is 0.497 e. The lowest BCUT2D eigenvalue weighted by atomic mass is 9.87. The molecule has 0 saturated heterocycles. The van der Waals surface area contributed by atoms with E-state index in [-0.39, 0.29) is 6.04 Å². The fourth-order valence-electron chi connectivity index (χ4n) is 2.93. The topological polar surface area (TPSA) is 53.1 Å². The van der Waals surface area contributed by atoms with E-state index in [9.17, 15) is 0 Å². The lowest BCUT2D eigenvalue weighted by Crippen LogP contribution is -2.20. The van der Waals surface area contributed by atoms with Crippen LogP contribution in [0.25, 0.3) is 0 Å². The number of nitrogens with two attached hydrogens (primary N) is 1. The number of nitrogen functional groups attached to an aromatic ring is 1. The molecule has 0 spiro atoms. The molecule has 1 aliphatic rings. The molecule has 1 aromatic heterocycles. The third-order valence-electron chi connectivity index (χ3n) is 3.98. The van der Waals surface area contributed by atoms with Crippen LogP contribution in [0.4, 0.5) is 5.82 Å². The second kappa shape index (κ2) is 5.27. The van der Waals surface area contributed by atoms with Crippen molar-refractivity contribution in [3.63, 3.8) is 0 Å². The summed E-state index contributed by atoms with van der Waals surface area (Å²) in [7, 11) is 1.71. The highest BCUT2D eigenvalue weighted by Crippen LogP contribution is 2.36. The highest BCUT2D eigenvalue weighted by Gasteiger charge is 2.25. The zero-order valence-corrected chi connectivity index (χ0v) is 13.8. The molecule has 0 radical (unpaired) electrons. The summed E-state index contributed by atoms with van der Waals surface area (Å²) in [5.74, 6) is 1.69. The van der Waals surface area contributed by atoms with E-state index in [4.69, 9.17) is 10.5 Å². The van der Waals surface area contributed by atoms with Crippen molar-refractivity contribution in [3.05, 3.63) is 38.6 Å². The Morgan fingerprint density at radius 1 is 1.45 bits per heavy atom. The number of rotatable bonds is 2. The molecule has 106 valence electrons. The fraction of sp³-hybridized carbons (Fsp3) is 0.400. The van der Waals surface area contributed by atoms with E-state index in [0.29, 0.717) is 0 Å². The number of ether oxygens (including phenoxy) is 1. The van der Waals surface area contributed by atoms with E-state index in [2.05, 4.69) is 39.8 Å². The number of hydrogen-bond donors (Lipinski definition) is 1. The molecule has 1 unspecified atom stereocenters. The fourth-order valence-corrected chi connectivity index (χ4v) is 3.28. The van der Waals surface area contributed by atoms with Gasteiger partial charge in [0.2, 0.25) is 0 Å². The Balaban J connectivity index is 2.07. The minimum absolute atomic E-state index is 0.242. The van der Waals surface area contributed by atoms with Crippen molar-refractivity contribution in [3.8, 4) is 5.75 Å². The third kappa shape index (κ3) is 2.17. The number of hydrogen-bond acceptors (Lipinski definition) is 3. The molecule has 1 atom stereocenters. The molecule has 0 amide bonds. The number of fused-ring (bicyclic) bond motifs is 1. The van der Waals surface area contributed by atoms with E-state index < -0.39 is 0 Å². The van der Waals surface area contributed by atoms with Crippen molar-refractivity contribution >= 4 is 28.4 Å². The van der Waals surface area contributed by atoms with E-state index in [1.54, 1.807) is 7.11 Å². The Labute approximate surface area is 132 Å². The standard InChI is InChI=1S/C15H18IN3O/c1-9-14(16)15(17)19(18-9)13-5-3-4-10-8-11(20-2)6-7-12(10)13/h6-8,13H,3-5,17H2,1-2H3. The van der Waals surface area contributed by atoms with Gasteiger partial charge in [0.25, 0.3) is 0 Å². The first-order valence-corrected chi connectivity index (χ1v) is 7.86. The Bertz CT molecular complexity index is 651. The summed E-state index contributed by atoms with van der Waals surface area (Å²) in [5, 5.41) is 4.63. The number of aromatic nitrogens is 2. The molecule has 2 N–H and O–H groups in total. The van der Waals surface area contributed by atoms with Crippen LogP contribution in [0.3, 0.4) is 0 Å². The van der Waals surface area contributed by atoms with Gasteiger partial charge in [0.1, 0.15) is 11.6 Å². The van der Waals surface area contributed by atoms with Crippen molar-refractivity contribution in [1.82, 2.24) is 9.78 Å². The number of benzene rings is 1. The van der Waals surface area contributed by atoms with Gasteiger partial charge < -0.3 is 10.5 Å². The van der Waals surface area contributed by atoms with Crippen LogP contribution in [0, 0.1) is 10.5 Å². The van der Waals surface area contributed by atoms with E-state index in [1.165, 1.54) is 11.1 Å². The zero-order valence-electron chi connectivity index (χ0n) is 11.7. The third-order valence-corrected chi connectivity index (χ3v) is 5.31. The normalized spacial score (nSPS) is 17.9. The molecule has 4 nitrogen and oxygen atoms in total. The average Bonchev–Trinajstić information content (AvgIpc) is 2.73. The first-order valence-electron chi connectivity index (χ1n) is 6.78. The summed E-state index contributed by atoms with van der Waals surface area (Å²) in [6, 6.07) is 6.56. The molecule has 0 aliphatic heterocycles. The van der Waals surface area contributed by atoms with Gasteiger partial charge >= 0.3 is 0 Å². The van der Waals surface area contributed by atoms with Crippen LogP contribution < -0.4 is 10.5 Å². The quantitative estimate of drug-likeness (QED) is 0.810. The van der Waals surface area contributed by atoms with Gasteiger partial charge in [-0.3, -0.25) is 0 Å². The molecule has 20 heavy (non-hydrogen) atoms. The molecular formula is C15H18IN3O. The lowest BCUT2D eigenvalue weighted by Gasteiger charge is -2.27. The monoisotopic (exact) mass is 383 g/mol. The molecule has 0 fully saturated rings. The maximum Gasteiger partial charge on any atom is 0.136 e. The molecule has 1 heterocycles. The Kier molecular flexibility index (Phi) is 3.62. The van der Waals surface area contributed by atoms with Crippen molar-refractivity contribution in [2.24, 2.45) is 0 Å². The summed E-state index contributed by atoms with van der Waals surface area (Å²) < 4.78 is 8.37. The van der Waals surface area contributed by atoms with Gasteiger partial charge in [0.05, 0.1) is 22.4 Å². The van der Waals surface area contributed by atoms with Gasteiger partial charge in [-0.25, -0.2) is 4.68 Å². The maximum absolute atomic E-state index is 6.22. The molecule has 0 saturated carbocycles. The van der Waals surface area contributed by atoms with Crippen molar-refractivity contribution < 1.29 is 4.74 Å². The minimum Gasteiger partial charge on any atom is -0.497 e. The average molecular weight is 383 g/mol. The first kappa shape index (κ1) is 13.7. The van der Waals surface area contributed by atoms with Gasteiger partial charge in [-0.15, -0.1) is 0 Å². The number of nitrogens with zero attached hydrogens (tertiary/aromatic N) is 2. The predicted molar refractivity (Wildman–Crippen MR) is 88.2 cm³/mol. The summed E-state index contributed by atoms with van der Waals surface area (Å²) >= 11 is 2.27. The highest BCUT2D eigenvalue weighted by molar-refractivity contribution is 14.1. The molecule has 1 aliphatic carbocycles. The van der Waals surface area contributed by atoms with Crippen LogP contribution in [0.1, 0.15) is 35.7 Å². The van der Waals surface area contributed by atoms with Crippen molar-refractivity contribution in [2.45, 2.75) is 32.2 Å². The molecule has 5 heteroatoms.